The fourth-order valence-corrected chi connectivity index (χ4v) is 1.46. The maximum absolute atomic E-state index is 13.6. The number of anilines is 1. The molecule has 16 heavy (non-hydrogen) atoms. The van der Waals surface area contributed by atoms with Crippen molar-refractivity contribution in [1.29, 1.82) is 0 Å². The normalized spacial score (nSPS) is 10.2. The minimum atomic E-state index is -0.394. The molecule has 1 aromatic carbocycles. The number of benzene rings is 1. The minimum Gasteiger partial charge on any atom is -0.389 e. The number of nitrogens with zero attached hydrogens (tertiary/aromatic N) is 1. The van der Waals surface area contributed by atoms with Gasteiger partial charge >= 0.3 is 0 Å². The van der Waals surface area contributed by atoms with E-state index in [-0.39, 0.29) is 10.6 Å². The second-order valence-corrected chi connectivity index (χ2v) is 3.88. The topological polar surface area (TPSA) is 38.5 Å². The Morgan fingerprint density at radius 1 is 1.56 bits per heavy atom. The van der Waals surface area contributed by atoms with E-state index in [0.29, 0.717) is 13.2 Å². The highest BCUT2D eigenvalue weighted by atomic mass is 32.1. The van der Waals surface area contributed by atoms with E-state index >= 15 is 0 Å². The van der Waals surface area contributed by atoms with E-state index in [0.717, 1.165) is 5.69 Å². The third-order valence-electron chi connectivity index (χ3n) is 2.29. The first kappa shape index (κ1) is 12.9. The van der Waals surface area contributed by atoms with E-state index in [1.807, 2.05) is 11.9 Å². The van der Waals surface area contributed by atoms with Gasteiger partial charge in [0.2, 0.25) is 0 Å². The molecule has 2 N–H and O–H groups in total. The van der Waals surface area contributed by atoms with E-state index in [1.165, 1.54) is 6.07 Å². The van der Waals surface area contributed by atoms with Crippen molar-refractivity contribution in [3.05, 3.63) is 29.6 Å². The average molecular weight is 242 g/mol. The summed E-state index contributed by atoms with van der Waals surface area (Å²) in [7, 11) is 3.50. The summed E-state index contributed by atoms with van der Waals surface area (Å²) in [5.41, 5.74) is 6.43. The van der Waals surface area contributed by atoms with Crippen LogP contribution in [-0.4, -0.2) is 32.3 Å². The summed E-state index contributed by atoms with van der Waals surface area (Å²) in [6.45, 7) is 1.29. The molecule has 0 bridgehead atoms. The van der Waals surface area contributed by atoms with Gasteiger partial charge in [-0.05, 0) is 18.2 Å². The molecule has 0 aromatic heterocycles. The van der Waals surface area contributed by atoms with Gasteiger partial charge in [-0.2, -0.15) is 0 Å². The van der Waals surface area contributed by atoms with Crippen LogP contribution in [0.5, 0.6) is 0 Å². The van der Waals surface area contributed by atoms with Crippen molar-refractivity contribution in [3.8, 4) is 0 Å². The van der Waals surface area contributed by atoms with Gasteiger partial charge in [0.1, 0.15) is 10.8 Å². The Morgan fingerprint density at radius 3 is 2.75 bits per heavy atom. The summed E-state index contributed by atoms with van der Waals surface area (Å²) in [4.78, 5) is 1.97. The van der Waals surface area contributed by atoms with Crippen LogP contribution in [0.2, 0.25) is 0 Å². The second-order valence-electron chi connectivity index (χ2n) is 3.44. The van der Waals surface area contributed by atoms with Crippen LogP contribution in [0.3, 0.4) is 0 Å². The van der Waals surface area contributed by atoms with Crippen LogP contribution in [0.4, 0.5) is 10.1 Å². The highest BCUT2D eigenvalue weighted by molar-refractivity contribution is 7.80. The van der Waals surface area contributed by atoms with Crippen LogP contribution >= 0.6 is 12.2 Å². The Labute approximate surface area is 100.0 Å². The fourth-order valence-electron chi connectivity index (χ4n) is 1.30. The molecule has 88 valence electrons. The Morgan fingerprint density at radius 2 is 2.25 bits per heavy atom. The molecule has 0 saturated heterocycles. The van der Waals surface area contributed by atoms with Crippen molar-refractivity contribution < 1.29 is 9.13 Å². The van der Waals surface area contributed by atoms with Crippen molar-refractivity contribution in [2.75, 3.05) is 32.2 Å². The van der Waals surface area contributed by atoms with E-state index in [4.69, 9.17) is 22.7 Å². The summed E-state index contributed by atoms with van der Waals surface area (Å²) < 4.78 is 18.5. The number of methoxy groups -OCH3 is 1. The quantitative estimate of drug-likeness (QED) is 0.795. The van der Waals surface area contributed by atoms with E-state index in [9.17, 15) is 4.39 Å². The molecule has 0 aliphatic carbocycles. The monoisotopic (exact) mass is 242 g/mol. The number of nitrogens with two attached hydrogens (primary N) is 1. The fraction of sp³-hybridized carbons (Fsp3) is 0.364. The SMILES string of the molecule is COCCN(C)c1ccc(C(N)=S)c(F)c1. The first-order chi connectivity index (χ1) is 7.56. The molecule has 3 nitrogen and oxygen atoms in total. The molecular formula is C11H15FN2OS. The van der Waals surface area contributed by atoms with Crippen molar-refractivity contribution >= 4 is 22.9 Å². The van der Waals surface area contributed by atoms with Gasteiger partial charge in [0.25, 0.3) is 0 Å². The third-order valence-corrected chi connectivity index (χ3v) is 2.51. The van der Waals surface area contributed by atoms with E-state index < -0.39 is 5.82 Å². The van der Waals surface area contributed by atoms with Crippen LogP contribution in [0, 0.1) is 5.82 Å². The Hall–Kier alpha value is -1.20. The molecule has 0 saturated carbocycles. The lowest BCUT2D eigenvalue weighted by Gasteiger charge is -2.19. The maximum Gasteiger partial charge on any atom is 0.135 e. The number of likely N-dealkylation sites (N-methyl/N-ethyl adjacent to an activating group) is 1. The zero-order valence-electron chi connectivity index (χ0n) is 9.37. The molecule has 0 radical (unpaired) electrons. The highest BCUT2D eigenvalue weighted by Crippen LogP contribution is 2.17. The zero-order valence-corrected chi connectivity index (χ0v) is 10.2. The smallest absolute Gasteiger partial charge is 0.135 e. The number of ether oxygens (including phenoxy) is 1. The van der Waals surface area contributed by atoms with Crippen LogP contribution in [0.1, 0.15) is 5.56 Å². The molecule has 0 aliphatic heterocycles. The lowest BCUT2D eigenvalue weighted by molar-refractivity contribution is 0.206. The molecule has 0 spiro atoms. The van der Waals surface area contributed by atoms with Gasteiger partial charge in [0.05, 0.1) is 6.61 Å². The van der Waals surface area contributed by atoms with Gasteiger partial charge in [-0.1, -0.05) is 12.2 Å². The van der Waals surface area contributed by atoms with Crippen molar-refractivity contribution in [1.82, 2.24) is 0 Å². The number of halogens is 1. The molecule has 0 fully saturated rings. The molecule has 0 aliphatic rings. The number of hydrogen-bond acceptors (Lipinski definition) is 3. The minimum absolute atomic E-state index is 0.0728. The predicted octanol–water partition coefficient (Wildman–Crippen LogP) is 1.54. The second kappa shape index (κ2) is 5.77. The van der Waals surface area contributed by atoms with Crippen LogP contribution < -0.4 is 10.6 Å². The molecule has 0 heterocycles. The predicted molar refractivity (Wildman–Crippen MR) is 67.4 cm³/mol. The molecule has 0 unspecified atom stereocenters. The van der Waals surface area contributed by atoms with Crippen LogP contribution in [0.25, 0.3) is 0 Å². The van der Waals surface area contributed by atoms with Gasteiger partial charge in [-0.3, -0.25) is 0 Å². The van der Waals surface area contributed by atoms with Gasteiger partial charge in [-0.15, -0.1) is 0 Å². The van der Waals surface area contributed by atoms with Crippen LogP contribution in [-0.2, 0) is 4.74 Å². The van der Waals surface area contributed by atoms with Crippen molar-refractivity contribution in [2.24, 2.45) is 5.73 Å². The van der Waals surface area contributed by atoms with Crippen molar-refractivity contribution in [2.45, 2.75) is 0 Å². The van der Waals surface area contributed by atoms with Gasteiger partial charge in [-0.25, -0.2) is 4.39 Å². The van der Waals surface area contributed by atoms with Crippen molar-refractivity contribution in [3.63, 3.8) is 0 Å². The third kappa shape index (κ3) is 3.15. The lowest BCUT2D eigenvalue weighted by Crippen LogP contribution is -2.22. The molecule has 5 heteroatoms. The molecule has 1 aromatic rings. The van der Waals surface area contributed by atoms with E-state index in [1.54, 1.807) is 19.2 Å². The summed E-state index contributed by atoms with van der Waals surface area (Å²) >= 11 is 4.73. The first-order valence-corrected chi connectivity index (χ1v) is 5.26. The molecule has 0 amide bonds. The van der Waals surface area contributed by atoms with E-state index in [2.05, 4.69) is 0 Å². The summed E-state index contributed by atoms with van der Waals surface area (Å²) in [6.07, 6.45) is 0. The summed E-state index contributed by atoms with van der Waals surface area (Å²) in [5, 5.41) is 0. The van der Waals surface area contributed by atoms with Crippen LogP contribution in [0.15, 0.2) is 18.2 Å². The summed E-state index contributed by atoms with van der Waals surface area (Å²) in [6, 6.07) is 4.80. The largest absolute Gasteiger partial charge is 0.389 e. The molecular weight excluding hydrogens is 227 g/mol. The number of thiocarbonyl (C=S) groups is 1. The maximum atomic E-state index is 13.6. The average Bonchev–Trinajstić information content (AvgIpc) is 2.25. The Kier molecular flexibility index (Phi) is 4.64. The Bertz CT molecular complexity index is 384. The standard InChI is InChI=1S/C11H15FN2OS/c1-14(5-6-15-2)8-3-4-9(11(13)16)10(12)7-8/h3-4,7H,5-6H2,1-2H3,(H2,13,16). The summed E-state index contributed by atoms with van der Waals surface area (Å²) in [5.74, 6) is -0.394. The van der Waals surface area contributed by atoms with Gasteiger partial charge in [0.15, 0.2) is 0 Å². The van der Waals surface area contributed by atoms with Gasteiger partial charge < -0.3 is 15.4 Å². The highest BCUT2D eigenvalue weighted by Gasteiger charge is 2.08. The zero-order chi connectivity index (χ0) is 12.1. The molecule has 0 atom stereocenters. The molecule has 1 rings (SSSR count). The number of rotatable bonds is 5. The Balaban J connectivity index is 2.84. The lowest BCUT2D eigenvalue weighted by atomic mass is 10.2. The number of hydrogen-bond donors (Lipinski definition) is 1. The van der Waals surface area contributed by atoms with Gasteiger partial charge in [0, 0.05) is 32.0 Å². The first-order valence-electron chi connectivity index (χ1n) is 4.85.